The Hall–Kier alpha value is -5.10. The van der Waals surface area contributed by atoms with E-state index < -0.39 is 0 Å². The Morgan fingerprint density at radius 2 is 1.43 bits per heavy atom. The van der Waals surface area contributed by atoms with Gasteiger partial charge in [0.25, 0.3) is 0 Å². The Morgan fingerprint density at radius 1 is 0.660 bits per heavy atom. The number of allylic oxidation sites excluding steroid dienone is 8. The Morgan fingerprint density at radius 3 is 2.23 bits per heavy atom. The zero-order chi connectivity index (χ0) is 31.1. The predicted molar refractivity (Wildman–Crippen MR) is 200 cm³/mol. The molecule has 1 aromatic heterocycles. The maximum absolute atomic E-state index is 4.02. The molecule has 0 bridgehead atoms. The highest BCUT2D eigenvalue weighted by molar-refractivity contribution is 9.12. The molecule has 1 heterocycles. The third-order valence-electron chi connectivity index (χ3n) is 10.7. The van der Waals surface area contributed by atoms with E-state index >= 15 is 0 Å². The van der Waals surface area contributed by atoms with E-state index in [1.165, 1.54) is 83.2 Å². The van der Waals surface area contributed by atoms with Gasteiger partial charge in [-0.3, -0.25) is 0 Å². The van der Waals surface area contributed by atoms with Crippen LogP contribution in [0.2, 0.25) is 0 Å². The second-order valence-corrected chi connectivity index (χ2v) is 13.8. The molecule has 0 aliphatic heterocycles. The van der Waals surface area contributed by atoms with Crippen LogP contribution in [-0.2, 0) is 5.41 Å². The summed E-state index contributed by atoms with van der Waals surface area (Å²) in [5, 5.41) is 2.57. The lowest BCUT2D eigenvalue weighted by molar-refractivity contribution is 0.781. The molecule has 2 heteroatoms. The molecule has 0 fully saturated rings. The van der Waals surface area contributed by atoms with Gasteiger partial charge in [-0.25, -0.2) is 0 Å². The molecule has 0 saturated carbocycles. The fourth-order valence-corrected chi connectivity index (χ4v) is 9.36. The third-order valence-corrected chi connectivity index (χ3v) is 11.4. The van der Waals surface area contributed by atoms with Crippen LogP contribution in [0.1, 0.15) is 47.9 Å². The molecule has 6 aromatic rings. The molecule has 1 nitrogen and oxygen atoms in total. The molecule has 4 aliphatic rings. The van der Waals surface area contributed by atoms with Crippen molar-refractivity contribution in [2.24, 2.45) is 0 Å². The zero-order valence-electron chi connectivity index (χ0n) is 25.9. The Bertz CT molecular complexity index is 2480. The highest BCUT2D eigenvalue weighted by atomic mass is 79.9. The summed E-state index contributed by atoms with van der Waals surface area (Å²) in [6.45, 7) is 0. The van der Waals surface area contributed by atoms with Gasteiger partial charge in [0.05, 0.1) is 22.9 Å². The van der Waals surface area contributed by atoms with E-state index in [9.17, 15) is 0 Å². The van der Waals surface area contributed by atoms with Crippen LogP contribution in [0.15, 0.2) is 144 Å². The summed E-state index contributed by atoms with van der Waals surface area (Å²) < 4.78 is 3.64. The second kappa shape index (κ2) is 10.2. The van der Waals surface area contributed by atoms with Crippen molar-refractivity contribution in [1.29, 1.82) is 0 Å². The summed E-state index contributed by atoms with van der Waals surface area (Å²) in [6.07, 6.45) is 12.7. The normalized spacial score (nSPS) is 19.2. The van der Waals surface area contributed by atoms with Crippen molar-refractivity contribution in [3.05, 3.63) is 166 Å². The van der Waals surface area contributed by atoms with Crippen LogP contribution < -0.4 is 0 Å². The number of hydrogen-bond acceptors (Lipinski definition) is 0. The highest BCUT2D eigenvalue weighted by Gasteiger charge is 2.53. The molecule has 47 heavy (non-hydrogen) atoms. The molecule has 0 radical (unpaired) electrons. The summed E-state index contributed by atoms with van der Waals surface area (Å²) in [5.41, 5.74) is 17.0. The minimum absolute atomic E-state index is 0.342. The van der Waals surface area contributed by atoms with E-state index in [-0.39, 0.29) is 5.41 Å². The van der Waals surface area contributed by atoms with E-state index in [1.807, 2.05) is 0 Å². The van der Waals surface area contributed by atoms with Gasteiger partial charge in [-0.05, 0) is 97.1 Å². The van der Waals surface area contributed by atoms with Crippen LogP contribution in [0.3, 0.4) is 0 Å². The lowest BCUT2D eigenvalue weighted by atomic mass is 9.69. The SMILES string of the molecule is BrC1=C(\n2c3ccc(-c4ccccc4)cc3c3ccc4c(c32)C2=C(C=CCC2)C42c3ccccc3-c3ccccc32)CC#CC/C=C\1. The summed E-state index contributed by atoms with van der Waals surface area (Å²) in [5.74, 6) is 6.85. The Balaban J connectivity index is 1.38. The van der Waals surface area contributed by atoms with Gasteiger partial charge in [-0.2, -0.15) is 0 Å². The number of aromatic nitrogens is 1. The van der Waals surface area contributed by atoms with Crippen LogP contribution >= 0.6 is 15.9 Å². The summed E-state index contributed by atoms with van der Waals surface area (Å²) in [7, 11) is 0. The average molecular weight is 665 g/mol. The average Bonchev–Trinajstić information content (AvgIpc) is 3.72. The summed E-state index contributed by atoms with van der Waals surface area (Å²) in [6, 6.07) is 40.8. The molecule has 0 saturated heterocycles. The number of hydrogen-bond donors (Lipinski definition) is 0. The van der Waals surface area contributed by atoms with Crippen LogP contribution in [0.4, 0.5) is 0 Å². The maximum Gasteiger partial charge on any atom is 0.0722 e. The van der Waals surface area contributed by atoms with Crippen LogP contribution in [-0.4, -0.2) is 4.57 Å². The first-order valence-electron chi connectivity index (χ1n) is 16.5. The van der Waals surface area contributed by atoms with Gasteiger partial charge in [-0.1, -0.05) is 127 Å². The number of rotatable bonds is 2. The van der Waals surface area contributed by atoms with Crippen LogP contribution in [0.25, 0.3) is 55.3 Å². The minimum atomic E-state index is -0.342. The maximum atomic E-state index is 4.02. The van der Waals surface area contributed by atoms with Crippen molar-refractivity contribution in [2.75, 3.05) is 0 Å². The lowest BCUT2D eigenvalue weighted by Crippen LogP contribution is -2.27. The first-order chi connectivity index (χ1) is 23.3. The quantitative estimate of drug-likeness (QED) is 0.162. The molecule has 1 spiro atoms. The fourth-order valence-electron chi connectivity index (χ4n) is 8.86. The molecule has 10 rings (SSSR count). The second-order valence-electron chi connectivity index (χ2n) is 12.9. The molecule has 222 valence electrons. The molecule has 0 amide bonds. The van der Waals surface area contributed by atoms with Crippen LogP contribution in [0, 0.1) is 11.8 Å². The largest absolute Gasteiger partial charge is 0.310 e. The van der Waals surface area contributed by atoms with Gasteiger partial charge >= 0.3 is 0 Å². The van der Waals surface area contributed by atoms with Crippen molar-refractivity contribution in [3.63, 3.8) is 0 Å². The van der Waals surface area contributed by atoms with Gasteiger partial charge in [0.15, 0.2) is 0 Å². The number of halogens is 1. The Kier molecular flexibility index (Phi) is 5.87. The Labute approximate surface area is 283 Å². The third kappa shape index (κ3) is 3.61. The standard InChI is InChI=1S/C45H30BrN/c46-40-22-6-1-2-7-23-42(40)47-41-27-24-30(29-14-4-3-5-15-29)28-35(41)33-25-26-39-43(44(33)47)34-18-10-13-21-38(34)45(39)36-19-11-8-16-31(36)32-17-9-12-20-37(32)45/h3-6,8-9,11-17,19-22,24-28H,1,10,18,23H2/b22-6-,42-40-. The molecule has 0 unspecified atom stereocenters. The smallest absolute Gasteiger partial charge is 0.0722 e. The lowest BCUT2D eigenvalue weighted by Gasteiger charge is -2.32. The van der Waals surface area contributed by atoms with Crippen molar-refractivity contribution in [1.82, 2.24) is 4.57 Å². The topological polar surface area (TPSA) is 4.93 Å². The molecule has 4 aliphatic carbocycles. The van der Waals surface area contributed by atoms with Crippen molar-refractivity contribution < 1.29 is 0 Å². The van der Waals surface area contributed by atoms with Crippen molar-refractivity contribution >= 4 is 49.0 Å². The van der Waals surface area contributed by atoms with E-state index in [0.717, 1.165) is 23.7 Å². The molecular weight excluding hydrogens is 634 g/mol. The van der Waals surface area contributed by atoms with Crippen LogP contribution in [0.5, 0.6) is 0 Å². The summed E-state index contributed by atoms with van der Waals surface area (Å²) in [4.78, 5) is 0. The number of benzene rings is 5. The van der Waals surface area contributed by atoms with E-state index in [0.29, 0.717) is 6.42 Å². The number of fused-ring (bicyclic) bond motifs is 13. The van der Waals surface area contributed by atoms with Crippen molar-refractivity contribution in [3.8, 4) is 34.1 Å². The molecular formula is C45H30BrN. The monoisotopic (exact) mass is 663 g/mol. The fraction of sp³-hybridized carbons (Fsp3) is 0.111. The molecule has 5 aromatic carbocycles. The predicted octanol–water partition coefficient (Wildman–Crippen LogP) is 11.8. The van der Waals surface area contributed by atoms with E-state index in [1.54, 1.807) is 0 Å². The summed E-state index contributed by atoms with van der Waals surface area (Å²) >= 11 is 4.02. The first-order valence-corrected chi connectivity index (χ1v) is 17.3. The highest BCUT2D eigenvalue weighted by Crippen LogP contribution is 2.64. The van der Waals surface area contributed by atoms with E-state index in [2.05, 4.69) is 166 Å². The van der Waals surface area contributed by atoms with Crippen molar-refractivity contribution in [2.45, 2.75) is 31.1 Å². The molecule has 0 N–H and O–H groups in total. The van der Waals surface area contributed by atoms with Gasteiger partial charge in [0.1, 0.15) is 0 Å². The van der Waals surface area contributed by atoms with Gasteiger partial charge in [0, 0.05) is 32.9 Å². The first kappa shape index (κ1) is 27.1. The van der Waals surface area contributed by atoms with Gasteiger partial charge in [-0.15, -0.1) is 0 Å². The van der Waals surface area contributed by atoms with Gasteiger partial charge in [0.2, 0.25) is 0 Å². The van der Waals surface area contributed by atoms with Gasteiger partial charge < -0.3 is 4.57 Å². The molecule has 0 atom stereocenters. The minimum Gasteiger partial charge on any atom is -0.310 e. The zero-order valence-corrected chi connectivity index (χ0v) is 27.4. The number of nitrogens with zero attached hydrogens (tertiary/aromatic N) is 1. The van der Waals surface area contributed by atoms with E-state index in [4.69, 9.17) is 0 Å².